The number of rotatable bonds is 14. The zero-order chi connectivity index (χ0) is 30.8. The summed E-state index contributed by atoms with van der Waals surface area (Å²) in [6, 6.07) is 0.394. The Morgan fingerprint density at radius 2 is 1.85 bits per heavy atom. The van der Waals surface area contributed by atoms with Gasteiger partial charge in [0.15, 0.2) is 6.29 Å². The average Bonchev–Trinajstić information content (AvgIpc) is 3.71. The van der Waals surface area contributed by atoms with E-state index in [-0.39, 0.29) is 0 Å². The number of carbonyl (C=O) groups is 1. The van der Waals surface area contributed by atoms with Gasteiger partial charge in [-0.1, -0.05) is 70.7 Å². The molecule has 1 aromatic rings. The van der Waals surface area contributed by atoms with Gasteiger partial charge in [0.1, 0.15) is 5.01 Å². The van der Waals surface area contributed by atoms with Crippen molar-refractivity contribution in [1.82, 2.24) is 19.7 Å². The Labute approximate surface area is 259 Å². The summed E-state index contributed by atoms with van der Waals surface area (Å²) in [5, 5.41) is 1.36. The van der Waals surface area contributed by atoms with E-state index in [1.165, 1.54) is 54.1 Å². The molecule has 0 aromatic carbocycles. The van der Waals surface area contributed by atoms with Crippen molar-refractivity contribution >= 4 is 35.3 Å². The second-order valence-electron chi connectivity index (χ2n) is 9.78. The molecule has 0 aliphatic carbocycles. The van der Waals surface area contributed by atoms with Crippen LogP contribution in [0.15, 0.2) is 65.5 Å². The minimum absolute atomic E-state index is 0.394. The van der Waals surface area contributed by atoms with Crippen LogP contribution in [-0.2, 0) is 6.42 Å². The maximum Gasteiger partial charge on any atom is 0.161 e. The number of halogens is 1. The highest BCUT2D eigenvalue weighted by atomic mass is 35.5. The van der Waals surface area contributed by atoms with Crippen LogP contribution in [0.4, 0.5) is 0 Å². The summed E-state index contributed by atoms with van der Waals surface area (Å²) in [5.74, 6) is 0. The lowest BCUT2D eigenvalue weighted by atomic mass is 10.0. The highest BCUT2D eigenvalue weighted by Gasteiger charge is 2.30. The predicted molar refractivity (Wildman–Crippen MR) is 182 cm³/mol. The van der Waals surface area contributed by atoms with E-state index in [0.717, 1.165) is 49.5 Å². The van der Waals surface area contributed by atoms with Gasteiger partial charge >= 0.3 is 0 Å². The van der Waals surface area contributed by atoms with Gasteiger partial charge in [0.25, 0.3) is 0 Å². The molecule has 1 fully saturated rings. The van der Waals surface area contributed by atoms with Gasteiger partial charge in [0, 0.05) is 43.8 Å². The summed E-state index contributed by atoms with van der Waals surface area (Å²) in [6.45, 7) is 26.0. The summed E-state index contributed by atoms with van der Waals surface area (Å²) in [6.07, 6.45) is 17.8. The third-order valence-electron chi connectivity index (χ3n) is 7.30. The zero-order valence-electron chi connectivity index (χ0n) is 26.6. The van der Waals surface area contributed by atoms with E-state index >= 15 is 0 Å². The Kier molecular flexibility index (Phi) is 18.3. The molecule has 1 aromatic heterocycles. The molecule has 0 N–H and O–H groups in total. The maximum absolute atomic E-state index is 11.5. The van der Waals surface area contributed by atoms with Gasteiger partial charge in [-0.15, -0.1) is 11.3 Å². The lowest BCUT2D eigenvalue weighted by Gasteiger charge is -2.31. The van der Waals surface area contributed by atoms with Crippen LogP contribution >= 0.6 is 22.9 Å². The molecular weight excluding hydrogens is 548 g/mol. The van der Waals surface area contributed by atoms with E-state index in [1.807, 2.05) is 39.8 Å². The topological polar surface area (TPSA) is 39.7 Å². The fourth-order valence-electron chi connectivity index (χ4n) is 4.91. The molecule has 228 valence electrons. The smallest absolute Gasteiger partial charge is 0.161 e. The van der Waals surface area contributed by atoms with Gasteiger partial charge in [0.05, 0.1) is 16.6 Å². The first-order valence-electron chi connectivity index (χ1n) is 15.2. The van der Waals surface area contributed by atoms with E-state index in [0.29, 0.717) is 22.4 Å². The van der Waals surface area contributed by atoms with E-state index in [4.69, 9.17) is 11.6 Å². The lowest BCUT2D eigenvalue weighted by Crippen LogP contribution is -2.37. The summed E-state index contributed by atoms with van der Waals surface area (Å²) in [7, 11) is 2.07. The predicted octanol–water partition coefficient (Wildman–Crippen LogP) is 8.73. The van der Waals surface area contributed by atoms with E-state index in [2.05, 4.69) is 66.0 Å². The third kappa shape index (κ3) is 11.8. The van der Waals surface area contributed by atoms with Crippen LogP contribution in [0.25, 0.3) is 6.08 Å². The van der Waals surface area contributed by atoms with Crippen molar-refractivity contribution < 1.29 is 4.79 Å². The largest absolute Gasteiger partial charge is 0.380 e. The van der Waals surface area contributed by atoms with Crippen molar-refractivity contribution in [3.05, 3.63) is 81.1 Å². The number of carbonyl (C=O) groups excluding carboxylic acids is 1. The Bertz CT molecular complexity index is 1080. The first-order chi connectivity index (χ1) is 19.8. The standard InChI is InChI=1S/C30H41ClN4OS.2C2H6/c1-6-26(31)12-11-14-30-32-27(29(22-36)37-30)15-19-33(5)16-8-7-13-28-24(3)23(2)25(4)35(28)21-20-34-17-9-10-18-34;2*1-2/h6,8,11-12,14,16,22,28H,1,3,7,9-10,13,15,17-21H2,2,4-5H3;2*1-2H3/b14-11+,16-8+,26-12+;;. The molecule has 7 heteroatoms. The Hall–Kier alpha value is -2.41. The van der Waals surface area contributed by atoms with Gasteiger partial charge in [-0.3, -0.25) is 4.79 Å². The Morgan fingerprint density at radius 1 is 1.17 bits per heavy atom. The lowest BCUT2D eigenvalue weighted by molar-refractivity contribution is 0.112. The normalized spacial score (nSPS) is 17.7. The van der Waals surface area contributed by atoms with E-state index in [1.54, 1.807) is 12.2 Å². The Morgan fingerprint density at radius 3 is 2.49 bits per heavy atom. The number of thiazole rings is 1. The SMILES string of the molecule is C=C/C(Cl)=C\C=C\c1nc(CCN(C)/C=C/CCC2C(=C)C(C)=C(C)N2CCN2CCCC2)c(C=O)s1.CC.CC. The average molecular weight is 601 g/mol. The van der Waals surface area contributed by atoms with E-state index in [9.17, 15) is 4.79 Å². The van der Waals surface area contributed by atoms with Crippen LogP contribution < -0.4 is 0 Å². The number of nitrogens with zero attached hydrogens (tertiary/aromatic N) is 4. The fourth-order valence-corrected chi connectivity index (χ4v) is 5.82. The summed E-state index contributed by atoms with van der Waals surface area (Å²) < 4.78 is 0. The van der Waals surface area contributed by atoms with Crippen molar-refractivity contribution in [3.8, 4) is 0 Å². The second-order valence-corrected chi connectivity index (χ2v) is 11.3. The van der Waals surface area contributed by atoms with Crippen LogP contribution in [0.1, 0.15) is 87.6 Å². The molecule has 2 aliphatic heterocycles. The Balaban J connectivity index is 0.00000201. The van der Waals surface area contributed by atoms with Crippen LogP contribution in [-0.4, -0.2) is 71.8 Å². The molecule has 0 radical (unpaired) electrons. The maximum atomic E-state index is 11.5. The number of hydrogen-bond acceptors (Lipinski definition) is 6. The van der Waals surface area contributed by atoms with Crippen LogP contribution in [0, 0.1) is 0 Å². The minimum atomic E-state index is 0.394. The molecule has 0 saturated carbocycles. The van der Waals surface area contributed by atoms with Crippen molar-refractivity contribution in [1.29, 1.82) is 0 Å². The van der Waals surface area contributed by atoms with Crippen molar-refractivity contribution in [2.45, 2.75) is 79.7 Å². The molecule has 1 saturated heterocycles. The first kappa shape index (κ1) is 36.6. The molecule has 3 heterocycles. The molecule has 0 spiro atoms. The summed E-state index contributed by atoms with van der Waals surface area (Å²) in [5.41, 5.74) is 4.86. The van der Waals surface area contributed by atoms with Gasteiger partial charge in [-0.05, 0) is 82.1 Å². The molecule has 41 heavy (non-hydrogen) atoms. The fraction of sp³-hybridized carbons (Fsp3) is 0.529. The molecule has 1 atom stereocenters. The van der Waals surface area contributed by atoms with Crippen LogP contribution in [0.3, 0.4) is 0 Å². The minimum Gasteiger partial charge on any atom is -0.380 e. The number of aromatic nitrogens is 1. The third-order valence-corrected chi connectivity index (χ3v) is 8.57. The molecule has 0 bridgehead atoms. The number of aldehydes is 1. The number of allylic oxidation sites excluding steroid dienone is 6. The van der Waals surface area contributed by atoms with Crippen molar-refractivity contribution in [3.63, 3.8) is 0 Å². The van der Waals surface area contributed by atoms with Gasteiger partial charge in [0.2, 0.25) is 0 Å². The molecule has 2 aliphatic rings. The van der Waals surface area contributed by atoms with Gasteiger partial charge in [-0.25, -0.2) is 4.98 Å². The number of hydrogen-bond donors (Lipinski definition) is 0. The van der Waals surface area contributed by atoms with E-state index < -0.39 is 0 Å². The summed E-state index contributed by atoms with van der Waals surface area (Å²) >= 11 is 7.33. The zero-order valence-corrected chi connectivity index (χ0v) is 28.2. The highest BCUT2D eigenvalue weighted by Crippen LogP contribution is 2.34. The summed E-state index contributed by atoms with van der Waals surface area (Å²) in [4.78, 5) is 24.2. The molecule has 5 nitrogen and oxygen atoms in total. The second kappa shape index (κ2) is 20.5. The number of likely N-dealkylation sites (tertiary alicyclic amines) is 1. The van der Waals surface area contributed by atoms with Gasteiger partial charge in [-0.2, -0.15) is 0 Å². The first-order valence-corrected chi connectivity index (χ1v) is 16.4. The van der Waals surface area contributed by atoms with Crippen molar-refractivity contribution in [2.24, 2.45) is 0 Å². The monoisotopic (exact) mass is 600 g/mol. The van der Waals surface area contributed by atoms with Gasteiger partial charge < -0.3 is 14.7 Å². The highest BCUT2D eigenvalue weighted by molar-refractivity contribution is 7.14. The van der Waals surface area contributed by atoms with Crippen LogP contribution in [0.2, 0.25) is 0 Å². The molecule has 0 amide bonds. The number of likely N-dealkylation sites (N-methyl/N-ethyl adjacent to an activating group) is 1. The van der Waals surface area contributed by atoms with Crippen LogP contribution in [0.5, 0.6) is 0 Å². The van der Waals surface area contributed by atoms with Crippen molar-refractivity contribution in [2.75, 3.05) is 39.8 Å². The molecule has 3 rings (SSSR count). The molecule has 1 unspecified atom stereocenters. The quantitative estimate of drug-likeness (QED) is 0.158. The molecular formula is C34H53ClN4OS.